The van der Waals surface area contributed by atoms with E-state index in [1.54, 1.807) is 53.1 Å². The van der Waals surface area contributed by atoms with E-state index in [9.17, 15) is 21.6 Å². The molecule has 0 spiro atoms. The number of alkyl halides is 3. The minimum atomic E-state index is -4.81. The van der Waals surface area contributed by atoms with Crippen LogP contribution in [-0.4, -0.2) is 34.4 Å². The van der Waals surface area contributed by atoms with Crippen molar-refractivity contribution in [2.45, 2.75) is 24.4 Å². The zero-order valence-electron chi connectivity index (χ0n) is 20.4. The number of sulfone groups is 1. The molecule has 7 nitrogen and oxygen atoms in total. The number of nitrogens with zero attached hydrogens (tertiary/aromatic N) is 4. The van der Waals surface area contributed by atoms with Crippen molar-refractivity contribution in [2.75, 3.05) is 6.26 Å². The number of hydrogen-bond acceptors (Lipinski definition) is 6. The van der Waals surface area contributed by atoms with Gasteiger partial charge in [-0.2, -0.15) is 13.2 Å². The lowest BCUT2D eigenvalue weighted by Crippen LogP contribution is -2.13. The van der Waals surface area contributed by atoms with E-state index < -0.39 is 27.8 Å². The molecule has 202 valence electrons. The summed E-state index contributed by atoms with van der Waals surface area (Å²) in [6.45, 7) is 1.93. The first-order chi connectivity index (χ1) is 18.3. The molecule has 0 amide bonds. The van der Waals surface area contributed by atoms with E-state index in [1.165, 1.54) is 12.3 Å². The zero-order valence-corrected chi connectivity index (χ0v) is 22.7. The van der Waals surface area contributed by atoms with Gasteiger partial charge >= 0.3 is 12.1 Å². The number of imidazole rings is 1. The molecule has 1 atom stereocenters. The molecule has 0 bridgehead atoms. The summed E-state index contributed by atoms with van der Waals surface area (Å²) in [5.74, 6) is -1.80. The molecular formula is C26H19Cl2F3N4O3S. The van der Waals surface area contributed by atoms with E-state index in [2.05, 4.69) is 15.2 Å². The highest BCUT2D eigenvalue weighted by atomic mass is 35.5. The average molecular weight is 595 g/mol. The number of halogens is 5. The van der Waals surface area contributed by atoms with Crippen molar-refractivity contribution in [3.05, 3.63) is 82.3 Å². The molecule has 13 heteroatoms. The highest BCUT2D eigenvalue weighted by molar-refractivity contribution is 7.90. The molecule has 0 N–H and O–H groups in total. The first kappa shape index (κ1) is 27.2. The van der Waals surface area contributed by atoms with E-state index in [1.807, 2.05) is 6.92 Å². The summed E-state index contributed by atoms with van der Waals surface area (Å²) in [5.41, 5.74) is 2.68. The molecule has 0 saturated heterocycles. The van der Waals surface area contributed by atoms with Gasteiger partial charge in [0.1, 0.15) is 11.5 Å². The maximum Gasteiger partial charge on any atom is 0.470 e. The van der Waals surface area contributed by atoms with Crippen molar-refractivity contribution < 1.29 is 26.0 Å². The summed E-state index contributed by atoms with van der Waals surface area (Å²) in [6, 6.07) is 13.5. The number of rotatable bonds is 5. The lowest BCUT2D eigenvalue weighted by atomic mass is 9.88. The van der Waals surface area contributed by atoms with Gasteiger partial charge in [0.2, 0.25) is 0 Å². The molecule has 4 aromatic rings. The van der Waals surface area contributed by atoms with Gasteiger partial charge in [-0.3, -0.25) is 0 Å². The normalized spacial score (nSPS) is 16.5. The van der Waals surface area contributed by atoms with Crippen LogP contribution in [0.25, 0.3) is 34.2 Å². The molecule has 0 fully saturated rings. The minimum Gasteiger partial charge on any atom is -0.411 e. The molecular weight excluding hydrogens is 576 g/mol. The van der Waals surface area contributed by atoms with Crippen molar-refractivity contribution in [3.63, 3.8) is 0 Å². The van der Waals surface area contributed by atoms with Crippen molar-refractivity contribution in [1.29, 1.82) is 0 Å². The van der Waals surface area contributed by atoms with Crippen LogP contribution in [0.15, 0.2) is 75.1 Å². The molecule has 1 aliphatic carbocycles. The Bertz CT molecular complexity index is 1760. The number of aromatic nitrogens is 4. The third-order valence-corrected chi connectivity index (χ3v) is 7.88. The molecule has 0 saturated carbocycles. The molecule has 39 heavy (non-hydrogen) atoms. The van der Waals surface area contributed by atoms with Crippen molar-refractivity contribution in [1.82, 2.24) is 19.7 Å². The Morgan fingerprint density at radius 1 is 1.08 bits per heavy atom. The molecule has 1 unspecified atom stereocenters. The second kappa shape index (κ2) is 9.96. The predicted molar refractivity (Wildman–Crippen MR) is 141 cm³/mol. The van der Waals surface area contributed by atoms with E-state index in [-0.39, 0.29) is 16.5 Å². The van der Waals surface area contributed by atoms with Crippen LogP contribution >= 0.6 is 23.2 Å². The molecule has 0 radical (unpaired) electrons. The van der Waals surface area contributed by atoms with Crippen molar-refractivity contribution >= 4 is 44.3 Å². The van der Waals surface area contributed by atoms with Crippen LogP contribution < -0.4 is 0 Å². The Morgan fingerprint density at radius 3 is 2.46 bits per heavy atom. The third-order valence-electron chi connectivity index (χ3n) is 6.14. The largest absolute Gasteiger partial charge is 0.470 e. The number of hydrogen-bond donors (Lipinski definition) is 0. The van der Waals surface area contributed by atoms with Gasteiger partial charge in [0.25, 0.3) is 5.89 Å². The predicted octanol–water partition coefficient (Wildman–Crippen LogP) is 7.21. The van der Waals surface area contributed by atoms with Gasteiger partial charge in [-0.25, -0.2) is 13.4 Å². The lowest BCUT2D eigenvalue weighted by Gasteiger charge is -2.26. The van der Waals surface area contributed by atoms with E-state index in [4.69, 9.17) is 27.6 Å². The quantitative estimate of drug-likeness (QED) is 0.242. The average Bonchev–Trinajstić information content (AvgIpc) is 3.52. The molecule has 0 aliphatic heterocycles. The van der Waals surface area contributed by atoms with Crippen LogP contribution in [0.4, 0.5) is 13.2 Å². The Kier molecular flexibility index (Phi) is 6.94. The van der Waals surface area contributed by atoms with Gasteiger partial charge in [0.05, 0.1) is 15.0 Å². The van der Waals surface area contributed by atoms with Gasteiger partial charge in [-0.15, -0.1) is 10.2 Å². The maximum atomic E-state index is 13.1. The first-order valence-corrected chi connectivity index (χ1v) is 14.1. The fraction of sp³-hybridized carbons (Fsp3) is 0.192. The van der Waals surface area contributed by atoms with E-state index in [0.717, 1.165) is 11.8 Å². The summed E-state index contributed by atoms with van der Waals surface area (Å²) >= 11 is 13.3. The molecule has 2 heterocycles. The second-order valence-corrected chi connectivity index (χ2v) is 11.8. The van der Waals surface area contributed by atoms with Crippen LogP contribution in [0, 0.1) is 5.92 Å². The molecule has 1 aliphatic rings. The Hall–Kier alpha value is -3.41. The van der Waals surface area contributed by atoms with Crippen LogP contribution in [-0.2, 0) is 16.0 Å². The van der Waals surface area contributed by atoms with Gasteiger partial charge in [0, 0.05) is 29.6 Å². The van der Waals surface area contributed by atoms with Gasteiger partial charge in [-0.05, 0) is 47.9 Å². The molecule has 5 rings (SSSR count). The van der Waals surface area contributed by atoms with Crippen molar-refractivity contribution in [2.24, 2.45) is 5.92 Å². The van der Waals surface area contributed by atoms with Crippen LogP contribution in [0.2, 0.25) is 5.02 Å². The maximum absolute atomic E-state index is 13.1. The Morgan fingerprint density at radius 2 is 1.82 bits per heavy atom. The fourth-order valence-electron chi connectivity index (χ4n) is 4.37. The van der Waals surface area contributed by atoms with Gasteiger partial charge in [-0.1, -0.05) is 54.4 Å². The summed E-state index contributed by atoms with van der Waals surface area (Å²) in [7, 11) is -3.40. The zero-order chi connectivity index (χ0) is 28.1. The standard InChI is InChI=1S/C26H19Cl2F3N4O3S/c1-14-10-16(15-6-5-7-17(11-15)39(2,36)37)12-20(28)22(14)35-13-21(24-33-34-25(38-24)26(29,30)31)32-23(35)18-8-3-4-9-19(18)27/h3-9,11-14H,10H2,1-2H3. The van der Waals surface area contributed by atoms with Gasteiger partial charge in [0.15, 0.2) is 9.84 Å². The Balaban J connectivity index is 1.66. The van der Waals surface area contributed by atoms with E-state index >= 15 is 0 Å². The SMILES string of the molecule is CC1CC(c2cccc(S(C)(=O)=O)c2)=CC(Cl)=C1n1cc(-c2nnc(C(F)(F)F)o2)nc1-c1ccccc1Cl. The van der Waals surface area contributed by atoms with Crippen LogP contribution in [0.1, 0.15) is 24.8 Å². The van der Waals surface area contributed by atoms with Crippen LogP contribution in [0.3, 0.4) is 0 Å². The number of benzene rings is 2. The third kappa shape index (κ3) is 5.39. The summed E-state index contributed by atoms with van der Waals surface area (Å²) < 4.78 is 69.8. The lowest BCUT2D eigenvalue weighted by molar-refractivity contribution is -0.156. The fourth-order valence-corrected chi connectivity index (χ4v) is 5.66. The smallest absolute Gasteiger partial charge is 0.411 e. The topological polar surface area (TPSA) is 90.9 Å². The van der Waals surface area contributed by atoms with E-state index in [0.29, 0.717) is 39.1 Å². The summed E-state index contributed by atoms with van der Waals surface area (Å²) in [6.07, 6.45) is 0.0427. The Labute approximate surface area is 231 Å². The van der Waals surface area contributed by atoms with Gasteiger partial charge < -0.3 is 8.98 Å². The highest BCUT2D eigenvalue weighted by Crippen LogP contribution is 2.42. The van der Waals surface area contributed by atoms with Crippen LogP contribution in [0.5, 0.6) is 0 Å². The monoisotopic (exact) mass is 594 g/mol. The first-order valence-electron chi connectivity index (χ1n) is 11.5. The second-order valence-electron chi connectivity index (χ2n) is 9.02. The highest BCUT2D eigenvalue weighted by Gasteiger charge is 2.38. The number of allylic oxidation sites excluding steroid dienone is 4. The summed E-state index contributed by atoms with van der Waals surface area (Å²) in [5, 5.41) is 7.33. The molecule has 2 aromatic heterocycles. The summed E-state index contributed by atoms with van der Waals surface area (Å²) in [4.78, 5) is 4.69. The van der Waals surface area contributed by atoms with Crippen molar-refractivity contribution in [3.8, 4) is 23.0 Å². The minimum absolute atomic E-state index is 0.00714. The molecule has 2 aromatic carbocycles.